The first-order valence-corrected chi connectivity index (χ1v) is 6.28. The quantitative estimate of drug-likeness (QED) is 0.794. The van der Waals surface area contributed by atoms with E-state index in [1.54, 1.807) is 0 Å². The van der Waals surface area contributed by atoms with Gasteiger partial charge in [0, 0.05) is 6.04 Å². The van der Waals surface area contributed by atoms with Crippen LogP contribution in [0.3, 0.4) is 0 Å². The molecule has 1 saturated heterocycles. The summed E-state index contributed by atoms with van der Waals surface area (Å²) in [7, 11) is 0. The molecule has 0 aromatic heterocycles. The van der Waals surface area contributed by atoms with Crippen LogP contribution in [-0.4, -0.2) is 29.4 Å². The number of rotatable bonds is 3. The number of amides is 1. The summed E-state index contributed by atoms with van der Waals surface area (Å²) >= 11 is 0. The minimum absolute atomic E-state index is 0.00824. The van der Waals surface area contributed by atoms with Gasteiger partial charge in [0.1, 0.15) is 0 Å². The van der Waals surface area contributed by atoms with Crippen molar-refractivity contribution in [2.45, 2.75) is 59.0 Å². The fraction of sp³-hybridized carbons (Fsp3) is 0.923. The molecule has 1 aliphatic heterocycles. The Hall–Kier alpha value is -0.570. The summed E-state index contributed by atoms with van der Waals surface area (Å²) in [4.78, 5) is 13.8. The molecule has 3 heteroatoms. The van der Waals surface area contributed by atoms with E-state index in [2.05, 4.69) is 32.6 Å². The largest absolute Gasteiger partial charge is 0.368 e. The fourth-order valence-corrected chi connectivity index (χ4v) is 2.94. The molecule has 92 valence electrons. The van der Waals surface area contributed by atoms with Gasteiger partial charge in [0.15, 0.2) is 0 Å². The van der Waals surface area contributed by atoms with E-state index in [0.717, 1.165) is 19.4 Å². The van der Waals surface area contributed by atoms with Crippen LogP contribution in [-0.2, 0) is 4.79 Å². The molecule has 1 heterocycles. The second-order valence-corrected chi connectivity index (χ2v) is 7.04. The minimum atomic E-state index is -0.137. The van der Waals surface area contributed by atoms with Crippen LogP contribution < -0.4 is 5.73 Å². The third-order valence-corrected chi connectivity index (χ3v) is 4.21. The summed E-state index contributed by atoms with van der Waals surface area (Å²) in [5, 5.41) is 0. The number of nitrogens with zero attached hydrogens (tertiary/aromatic N) is 1. The minimum Gasteiger partial charge on any atom is -0.368 e. The van der Waals surface area contributed by atoms with Crippen LogP contribution >= 0.6 is 0 Å². The summed E-state index contributed by atoms with van der Waals surface area (Å²) < 4.78 is 0. The SMILES string of the molecule is CC(C)(C)CCN1C(C(N)=O)CC2(C)CC12. The highest BCUT2D eigenvalue weighted by Gasteiger charge is 2.62. The Morgan fingerprint density at radius 1 is 1.44 bits per heavy atom. The van der Waals surface area contributed by atoms with E-state index in [9.17, 15) is 4.79 Å². The average Bonchev–Trinajstić information content (AvgIpc) is 2.67. The highest BCUT2D eigenvalue weighted by Crippen LogP contribution is 2.59. The zero-order valence-electron chi connectivity index (χ0n) is 10.9. The second kappa shape index (κ2) is 3.46. The molecular weight excluding hydrogens is 200 g/mol. The standard InChI is InChI=1S/C13H24N2O/c1-12(2,3)5-6-15-9(11(14)16)7-13(4)8-10(13)15/h9-10H,5-8H2,1-4H3,(H2,14,16). The van der Waals surface area contributed by atoms with Crippen LogP contribution in [0, 0.1) is 10.8 Å². The Kier molecular flexibility index (Phi) is 2.57. The van der Waals surface area contributed by atoms with Crippen LogP contribution in [0.4, 0.5) is 0 Å². The molecule has 1 amide bonds. The zero-order chi connectivity index (χ0) is 12.1. The Balaban J connectivity index is 1.99. The van der Waals surface area contributed by atoms with Gasteiger partial charge < -0.3 is 5.73 Å². The van der Waals surface area contributed by atoms with E-state index in [1.807, 2.05) is 0 Å². The fourth-order valence-electron chi connectivity index (χ4n) is 2.94. The van der Waals surface area contributed by atoms with Crippen molar-refractivity contribution in [2.75, 3.05) is 6.54 Å². The summed E-state index contributed by atoms with van der Waals surface area (Å²) in [5.41, 5.74) is 6.20. The molecule has 3 nitrogen and oxygen atoms in total. The lowest BCUT2D eigenvalue weighted by Gasteiger charge is -2.28. The number of nitrogens with two attached hydrogens (primary N) is 1. The summed E-state index contributed by atoms with van der Waals surface area (Å²) in [5.74, 6) is -0.137. The molecule has 2 rings (SSSR count). The summed E-state index contributed by atoms with van der Waals surface area (Å²) in [6.07, 6.45) is 3.35. The van der Waals surface area contributed by atoms with Gasteiger partial charge in [-0.1, -0.05) is 27.7 Å². The average molecular weight is 224 g/mol. The molecule has 1 saturated carbocycles. The number of piperidine rings is 1. The monoisotopic (exact) mass is 224 g/mol. The number of hydrogen-bond acceptors (Lipinski definition) is 2. The molecule has 2 aliphatic rings. The normalized spacial score (nSPS) is 38.5. The van der Waals surface area contributed by atoms with Crippen molar-refractivity contribution in [3.05, 3.63) is 0 Å². The molecule has 0 spiro atoms. The third-order valence-electron chi connectivity index (χ3n) is 4.21. The van der Waals surface area contributed by atoms with Gasteiger partial charge in [0.05, 0.1) is 6.04 Å². The van der Waals surface area contributed by atoms with Crippen molar-refractivity contribution in [1.82, 2.24) is 4.90 Å². The van der Waals surface area contributed by atoms with E-state index < -0.39 is 0 Å². The lowest BCUT2D eigenvalue weighted by molar-refractivity contribution is -0.123. The van der Waals surface area contributed by atoms with Gasteiger partial charge in [-0.25, -0.2) is 0 Å². The number of fused-ring (bicyclic) bond motifs is 1. The van der Waals surface area contributed by atoms with Crippen molar-refractivity contribution >= 4 is 5.91 Å². The van der Waals surface area contributed by atoms with Gasteiger partial charge in [0.25, 0.3) is 0 Å². The first-order valence-electron chi connectivity index (χ1n) is 6.28. The van der Waals surface area contributed by atoms with E-state index in [-0.39, 0.29) is 11.9 Å². The van der Waals surface area contributed by atoms with E-state index in [0.29, 0.717) is 16.9 Å². The highest BCUT2D eigenvalue weighted by molar-refractivity contribution is 5.80. The molecule has 3 atom stereocenters. The van der Waals surface area contributed by atoms with Crippen LogP contribution in [0.5, 0.6) is 0 Å². The van der Waals surface area contributed by atoms with Crippen molar-refractivity contribution in [3.63, 3.8) is 0 Å². The molecule has 0 radical (unpaired) electrons. The smallest absolute Gasteiger partial charge is 0.234 e. The molecular formula is C13H24N2O. The Bertz CT molecular complexity index is 308. The maximum atomic E-state index is 11.4. The summed E-state index contributed by atoms with van der Waals surface area (Å²) in [6.45, 7) is 10.0. The maximum absolute atomic E-state index is 11.4. The number of likely N-dealkylation sites (tertiary alicyclic amines) is 1. The van der Waals surface area contributed by atoms with Gasteiger partial charge in [-0.15, -0.1) is 0 Å². The number of carbonyl (C=O) groups excluding carboxylic acids is 1. The molecule has 1 aliphatic carbocycles. The van der Waals surface area contributed by atoms with Crippen LogP contribution in [0.15, 0.2) is 0 Å². The lowest BCUT2D eigenvalue weighted by Crippen LogP contribution is -2.43. The molecule has 16 heavy (non-hydrogen) atoms. The second-order valence-electron chi connectivity index (χ2n) is 7.04. The van der Waals surface area contributed by atoms with Crippen molar-refractivity contribution in [1.29, 1.82) is 0 Å². The molecule has 2 N–H and O–H groups in total. The van der Waals surface area contributed by atoms with Crippen molar-refractivity contribution in [2.24, 2.45) is 16.6 Å². The molecule has 3 unspecified atom stereocenters. The number of hydrogen-bond donors (Lipinski definition) is 1. The van der Waals surface area contributed by atoms with Crippen LogP contribution in [0.1, 0.15) is 47.0 Å². The predicted molar refractivity (Wildman–Crippen MR) is 64.9 cm³/mol. The highest BCUT2D eigenvalue weighted by atomic mass is 16.1. The van der Waals surface area contributed by atoms with E-state index in [1.165, 1.54) is 6.42 Å². The third kappa shape index (κ3) is 2.10. The predicted octanol–water partition coefficient (Wildman–Crippen LogP) is 1.76. The molecule has 2 fully saturated rings. The first-order chi connectivity index (χ1) is 7.23. The molecule has 0 aromatic rings. The number of carbonyl (C=O) groups is 1. The van der Waals surface area contributed by atoms with Crippen molar-refractivity contribution < 1.29 is 4.79 Å². The first kappa shape index (κ1) is 11.9. The van der Waals surface area contributed by atoms with Gasteiger partial charge >= 0.3 is 0 Å². The summed E-state index contributed by atoms with van der Waals surface area (Å²) in [6, 6.07) is 0.610. The lowest BCUT2D eigenvalue weighted by atomic mass is 9.92. The van der Waals surface area contributed by atoms with Crippen LogP contribution in [0.2, 0.25) is 0 Å². The van der Waals surface area contributed by atoms with Crippen molar-refractivity contribution in [3.8, 4) is 0 Å². The topological polar surface area (TPSA) is 46.3 Å². The Morgan fingerprint density at radius 3 is 2.56 bits per heavy atom. The molecule has 0 aromatic carbocycles. The molecule has 0 bridgehead atoms. The van der Waals surface area contributed by atoms with Gasteiger partial charge in [-0.2, -0.15) is 0 Å². The zero-order valence-corrected chi connectivity index (χ0v) is 10.9. The van der Waals surface area contributed by atoms with Gasteiger partial charge in [-0.3, -0.25) is 9.69 Å². The van der Waals surface area contributed by atoms with Crippen LogP contribution in [0.25, 0.3) is 0 Å². The van der Waals surface area contributed by atoms with E-state index >= 15 is 0 Å². The number of primary amides is 1. The Labute approximate surface area is 98.4 Å². The maximum Gasteiger partial charge on any atom is 0.234 e. The van der Waals surface area contributed by atoms with E-state index in [4.69, 9.17) is 5.73 Å². The Morgan fingerprint density at radius 2 is 2.06 bits per heavy atom. The van der Waals surface area contributed by atoms with Gasteiger partial charge in [-0.05, 0) is 36.6 Å². The van der Waals surface area contributed by atoms with Gasteiger partial charge in [0.2, 0.25) is 5.91 Å².